The second kappa shape index (κ2) is 6.14. The van der Waals surface area contributed by atoms with E-state index in [0.29, 0.717) is 18.2 Å². The molecular formula is C20H14FN9. The summed E-state index contributed by atoms with van der Waals surface area (Å²) >= 11 is 0. The van der Waals surface area contributed by atoms with E-state index in [2.05, 4.69) is 35.7 Å². The van der Waals surface area contributed by atoms with Crippen molar-refractivity contribution in [1.29, 1.82) is 0 Å². The van der Waals surface area contributed by atoms with Gasteiger partial charge >= 0.3 is 0 Å². The van der Waals surface area contributed by atoms with Crippen molar-refractivity contribution in [1.82, 2.24) is 39.7 Å². The number of pyridine rings is 1. The molecule has 4 aromatic heterocycles. The van der Waals surface area contributed by atoms with Crippen molar-refractivity contribution in [2.75, 3.05) is 5.32 Å². The lowest BCUT2D eigenvalue weighted by Gasteiger charge is -2.17. The highest BCUT2D eigenvalue weighted by molar-refractivity contribution is 5.97. The zero-order valence-electron chi connectivity index (χ0n) is 15.8. The van der Waals surface area contributed by atoms with E-state index >= 15 is 0 Å². The molecule has 1 aliphatic rings. The maximum absolute atomic E-state index is 13.9. The highest BCUT2D eigenvalue weighted by atomic mass is 19.1. The molecule has 1 N–H and O–H groups in total. The van der Waals surface area contributed by atoms with Crippen molar-refractivity contribution >= 4 is 22.8 Å². The van der Waals surface area contributed by atoms with E-state index in [0.717, 1.165) is 39.2 Å². The predicted molar refractivity (Wildman–Crippen MR) is 107 cm³/mol. The first-order valence-electron chi connectivity index (χ1n) is 9.26. The fourth-order valence-electron chi connectivity index (χ4n) is 3.74. The number of fused-ring (bicyclic) bond motifs is 2. The second-order valence-corrected chi connectivity index (χ2v) is 7.02. The summed E-state index contributed by atoms with van der Waals surface area (Å²) in [5.74, 6) is 0.843. The molecule has 0 bridgehead atoms. The van der Waals surface area contributed by atoms with Crippen molar-refractivity contribution in [3.8, 4) is 22.4 Å². The Morgan fingerprint density at radius 1 is 1.07 bits per heavy atom. The van der Waals surface area contributed by atoms with Crippen LogP contribution in [0.2, 0.25) is 0 Å². The van der Waals surface area contributed by atoms with Crippen LogP contribution in [-0.4, -0.2) is 39.7 Å². The molecule has 5 aromatic rings. The minimum atomic E-state index is -0.377. The molecule has 0 fully saturated rings. The molecule has 0 radical (unpaired) electrons. The molecule has 0 saturated heterocycles. The van der Waals surface area contributed by atoms with Gasteiger partial charge in [0.25, 0.3) is 0 Å². The Labute approximate surface area is 169 Å². The van der Waals surface area contributed by atoms with Gasteiger partial charge in [-0.2, -0.15) is 5.10 Å². The van der Waals surface area contributed by atoms with Crippen LogP contribution in [0.1, 0.15) is 5.69 Å². The third kappa shape index (κ3) is 2.54. The number of halogens is 1. The monoisotopic (exact) mass is 399 g/mol. The largest absolute Gasteiger partial charge is 0.309 e. The molecule has 146 valence electrons. The number of aromatic nitrogens is 8. The first-order chi connectivity index (χ1) is 14.7. The lowest BCUT2D eigenvalue weighted by molar-refractivity contribution is 0.610. The lowest BCUT2D eigenvalue weighted by atomic mass is 9.96. The quantitative estimate of drug-likeness (QED) is 0.488. The number of anilines is 2. The minimum absolute atomic E-state index is 0.377. The standard InChI is InChI=1S/C20H14FN9/c1-29-18(3-5-24-29)26-20-22-4-2-15(25-20)11-6-14-13-8-12(21)9-23-17(13)10-30-19(14)16(7-11)27-28-30/h2-9H,10H2,1H3,(H,22,25,26). The van der Waals surface area contributed by atoms with Crippen LogP contribution in [0.5, 0.6) is 0 Å². The fraction of sp³-hybridized carbons (Fsp3) is 0.100. The van der Waals surface area contributed by atoms with Gasteiger partial charge in [-0.05, 0) is 24.3 Å². The van der Waals surface area contributed by atoms with Crippen molar-refractivity contribution < 1.29 is 4.39 Å². The Morgan fingerprint density at radius 2 is 2.00 bits per heavy atom. The van der Waals surface area contributed by atoms with Crippen LogP contribution in [-0.2, 0) is 13.6 Å². The summed E-state index contributed by atoms with van der Waals surface area (Å²) in [6.45, 7) is 0.463. The van der Waals surface area contributed by atoms with E-state index in [1.165, 1.54) is 12.3 Å². The van der Waals surface area contributed by atoms with Gasteiger partial charge in [0.15, 0.2) is 0 Å². The number of rotatable bonds is 3. The van der Waals surface area contributed by atoms with Crippen LogP contribution >= 0.6 is 0 Å². The summed E-state index contributed by atoms with van der Waals surface area (Å²) in [4.78, 5) is 13.2. The smallest absolute Gasteiger partial charge is 0.228 e. The molecule has 5 heterocycles. The fourth-order valence-corrected chi connectivity index (χ4v) is 3.74. The summed E-state index contributed by atoms with van der Waals surface area (Å²) in [6.07, 6.45) is 4.60. The first kappa shape index (κ1) is 16.7. The molecule has 1 aliphatic heterocycles. The molecule has 0 saturated carbocycles. The Balaban J connectivity index is 1.49. The molecule has 0 spiro atoms. The normalized spacial score (nSPS) is 12.2. The average molecular weight is 399 g/mol. The van der Waals surface area contributed by atoms with Crippen LogP contribution in [0.3, 0.4) is 0 Å². The molecule has 9 nitrogen and oxygen atoms in total. The Hall–Kier alpha value is -4.21. The summed E-state index contributed by atoms with van der Waals surface area (Å²) in [5, 5.41) is 15.8. The van der Waals surface area contributed by atoms with E-state index in [9.17, 15) is 4.39 Å². The van der Waals surface area contributed by atoms with E-state index in [1.54, 1.807) is 21.8 Å². The topological polar surface area (TPSA) is 99.2 Å². The molecule has 0 atom stereocenters. The van der Waals surface area contributed by atoms with E-state index < -0.39 is 0 Å². The van der Waals surface area contributed by atoms with Gasteiger partial charge < -0.3 is 5.32 Å². The van der Waals surface area contributed by atoms with Crippen LogP contribution in [0.4, 0.5) is 16.2 Å². The number of hydrogen-bond donors (Lipinski definition) is 1. The van der Waals surface area contributed by atoms with Gasteiger partial charge in [-0.15, -0.1) is 5.10 Å². The average Bonchev–Trinajstić information content (AvgIpc) is 3.35. The number of benzene rings is 1. The van der Waals surface area contributed by atoms with Crippen molar-refractivity contribution in [3.05, 3.63) is 60.4 Å². The second-order valence-electron chi connectivity index (χ2n) is 7.02. The molecule has 1 aromatic carbocycles. The first-order valence-corrected chi connectivity index (χ1v) is 9.26. The molecule has 0 aliphatic carbocycles. The third-order valence-corrected chi connectivity index (χ3v) is 5.15. The van der Waals surface area contributed by atoms with E-state index in [4.69, 9.17) is 0 Å². The Bertz CT molecular complexity index is 1440. The van der Waals surface area contributed by atoms with Crippen LogP contribution < -0.4 is 5.32 Å². The number of nitrogens with zero attached hydrogens (tertiary/aromatic N) is 8. The zero-order chi connectivity index (χ0) is 20.2. The van der Waals surface area contributed by atoms with Crippen LogP contribution in [0.15, 0.2) is 48.9 Å². The molecule has 30 heavy (non-hydrogen) atoms. The van der Waals surface area contributed by atoms with Crippen molar-refractivity contribution in [3.63, 3.8) is 0 Å². The summed E-state index contributed by atoms with van der Waals surface area (Å²) in [6, 6.07) is 9.06. The van der Waals surface area contributed by atoms with Gasteiger partial charge in [0.1, 0.15) is 17.2 Å². The maximum atomic E-state index is 13.9. The lowest BCUT2D eigenvalue weighted by Crippen LogP contribution is -2.11. The van der Waals surface area contributed by atoms with Crippen molar-refractivity contribution in [2.45, 2.75) is 6.54 Å². The van der Waals surface area contributed by atoms with Gasteiger partial charge in [0, 0.05) is 36.0 Å². The number of aryl methyl sites for hydroxylation is 1. The molecule has 6 rings (SSSR count). The summed E-state index contributed by atoms with van der Waals surface area (Å²) in [5.41, 5.74) is 5.46. The highest BCUT2D eigenvalue weighted by Crippen LogP contribution is 2.37. The third-order valence-electron chi connectivity index (χ3n) is 5.15. The number of nitrogens with one attached hydrogen (secondary N) is 1. The van der Waals surface area contributed by atoms with Gasteiger partial charge in [-0.3, -0.25) is 9.67 Å². The Kier molecular flexibility index (Phi) is 3.42. The van der Waals surface area contributed by atoms with Gasteiger partial charge in [0.05, 0.1) is 35.8 Å². The molecule has 10 heteroatoms. The predicted octanol–water partition coefficient (Wildman–Crippen LogP) is 2.93. The van der Waals surface area contributed by atoms with Crippen LogP contribution in [0.25, 0.3) is 33.4 Å². The Morgan fingerprint density at radius 3 is 2.87 bits per heavy atom. The van der Waals surface area contributed by atoms with Crippen LogP contribution in [0, 0.1) is 5.82 Å². The highest BCUT2D eigenvalue weighted by Gasteiger charge is 2.23. The summed E-state index contributed by atoms with van der Waals surface area (Å²) in [7, 11) is 1.83. The van der Waals surface area contributed by atoms with E-state index in [1.807, 2.05) is 31.3 Å². The summed E-state index contributed by atoms with van der Waals surface area (Å²) < 4.78 is 17.4. The molecule has 0 unspecified atom stereocenters. The van der Waals surface area contributed by atoms with Gasteiger partial charge in [0.2, 0.25) is 5.95 Å². The van der Waals surface area contributed by atoms with Gasteiger partial charge in [-0.1, -0.05) is 5.21 Å². The van der Waals surface area contributed by atoms with Gasteiger partial charge in [-0.25, -0.2) is 19.0 Å². The minimum Gasteiger partial charge on any atom is -0.309 e. The maximum Gasteiger partial charge on any atom is 0.228 e. The number of hydrogen-bond acceptors (Lipinski definition) is 7. The van der Waals surface area contributed by atoms with E-state index in [-0.39, 0.29) is 5.82 Å². The molecular weight excluding hydrogens is 385 g/mol. The SMILES string of the molecule is Cn1nccc1Nc1nccc(-c2cc3c4c(c2)nnn4Cc2ncc(F)cc2-3)n1. The molecule has 0 amide bonds. The zero-order valence-corrected chi connectivity index (χ0v) is 15.8. The van der Waals surface area contributed by atoms with Crippen molar-refractivity contribution in [2.24, 2.45) is 7.05 Å².